The molecule has 5 rings (SSSR count). The number of sulfonamides is 1. The number of thiazole rings is 1. The average Bonchev–Trinajstić information content (AvgIpc) is 3.38. The van der Waals surface area contributed by atoms with Crippen molar-refractivity contribution in [3.63, 3.8) is 0 Å². The molecular formula is C27H20ClFN4O4S2. The quantitative estimate of drug-likeness (QED) is 0.236. The number of fused-ring (bicyclic) bond motifs is 1. The van der Waals surface area contributed by atoms with Gasteiger partial charge in [-0.3, -0.25) is 19.4 Å². The molecule has 0 aliphatic carbocycles. The zero-order valence-electron chi connectivity index (χ0n) is 20.3. The Morgan fingerprint density at radius 2 is 1.90 bits per heavy atom. The number of methoxy groups -OCH3 is 1. The minimum Gasteiger partial charge on any atom is -0.494 e. The lowest BCUT2D eigenvalue weighted by Crippen LogP contribution is -2.30. The van der Waals surface area contributed by atoms with Gasteiger partial charge in [0.25, 0.3) is 15.9 Å². The molecule has 2 heterocycles. The van der Waals surface area contributed by atoms with Crippen molar-refractivity contribution in [3.8, 4) is 5.75 Å². The molecule has 1 amide bonds. The van der Waals surface area contributed by atoms with E-state index in [4.69, 9.17) is 16.3 Å². The first-order chi connectivity index (χ1) is 18.7. The fourth-order valence-electron chi connectivity index (χ4n) is 3.82. The molecule has 0 unspecified atom stereocenters. The second kappa shape index (κ2) is 11.0. The molecule has 5 aromatic rings. The smallest absolute Gasteiger partial charge is 0.261 e. The highest BCUT2D eigenvalue weighted by atomic mass is 35.5. The third-order valence-corrected chi connectivity index (χ3v) is 8.63. The molecule has 0 atom stereocenters. The van der Waals surface area contributed by atoms with Gasteiger partial charge < -0.3 is 4.74 Å². The molecule has 198 valence electrons. The summed E-state index contributed by atoms with van der Waals surface area (Å²) in [5, 5.41) is 0.850. The van der Waals surface area contributed by atoms with Gasteiger partial charge in [0.2, 0.25) is 0 Å². The lowest BCUT2D eigenvalue weighted by molar-refractivity contribution is 0.0985. The summed E-state index contributed by atoms with van der Waals surface area (Å²) in [6, 6.07) is 17.5. The van der Waals surface area contributed by atoms with E-state index in [1.807, 2.05) is 6.07 Å². The van der Waals surface area contributed by atoms with Crippen LogP contribution in [0.15, 0.2) is 90.1 Å². The highest BCUT2D eigenvalue weighted by molar-refractivity contribution is 7.92. The van der Waals surface area contributed by atoms with Crippen LogP contribution in [0, 0.1) is 5.82 Å². The number of rotatable bonds is 8. The van der Waals surface area contributed by atoms with E-state index in [9.17, 15) is 17.6 Å². The summed E-state index contributed by atoms with van der Waals surface area (Å²) in [6.07, 6.45) is 3.28. The molecule has 0 aliphatic rings. The van der Waals surface area contributed by atoms with Crippen molar-refractivity contribution < 1.29 is 22.3 Å². The van der Waals surface area contributed by atoms with Gasteiger partial charge in [-0.15, -0.1) is 0 Å². The number of hydrogen-bond acceptors (Lipinski definition) is 7. The Labute approximate surface area is 232 Å². The van der Waals surface area contributed by atoms with Gasteiger partial charge in [-0.05, 0) is 66.2 Å². The largest absolute Gasteiger partial charge is 0.494 e. The van der Waals surface area contributed by atoms with E-state index in [1.54, 1.807) is 42.7 Å². The summed E-state index contributed by atoms with van der Waals surface area (Å²) in [7, 11) is -2.49. The Balaban J connectivity index is 1.52. The van der Waals surface area contributed by atoms with Crippen LogP contribution in [0.4, 0.5) is 15.2 Å². The number of nitrogens with zero attached hydrogens (tertiary/aromatic N) is 3. The summed E-state index contributed by atoms with van der Waals surface area (Å²) >= 11 is 7.65. The zero-order chi connectivity index (χ0) is 27.6. The number of benzene rings is 3. The molecule has 0 aliphatic heterocycles. The van der Waals surface area contributed by atoms with E-state index in [0.29, 0.717) is 26.1 Å². The van der Waals surface area contributed by atoms with Crippen LogP contribution in [0.2, 0.25) is 5.02 Å². The highest BCUT2D eigenvalue weighted by Crippen LogP contribution is 2.39. The van der Waals surface area contributed by atoms with Gasteiger partial charge in [-0.1, -0.05) is 35.1 Å². The summed E-state index contributed by atoms with van der Waals surface area (Å²) in [5.41, 5.74) is 1.67. The lowest BCUT2D eigenvalue weighted by Gasteiger charge is -2.20. The van der Waals surface area contributed by atoms with Gasteiger partial charge in [0.15, 0.2) is 5.13 Å². The number of ether oxygens (including phenoxy) is 1. The van der Waals surface area contributed by atoms with Crippen molar-refractivity contribution in [1.82, 2.24) is 9.97 Å². The van der Waals surface area contributed by atoms with Crippen molar-refractivity contribution in [1.29, 1.82) is 0 Å². The van der Waals surface area contributed by atoms with Crippen molar-refractivity contribution in [2.24, 2.45) is 0 Å². The van der Waals surface area contributed by atoms with E-state index in [1.165, 1.54) is 35.5 Å². The van der Waals surface area contributed by atoms with Gasteiger partial charge in [-0.25, -0.2) is 17.8 Å². The summed E-state index contributed by atoms with van der Waals surface area (Å²) < 4.78 is 47.4. The van der Waals surface area contributed by atoms with Crippen LogP contribution in [0.25, 0.3) is 10.2 Å². The van der Waals surface area contributed by atoms with Crippen molar-refractivity contribution in [2.45, 2.75) is 11.4 Å². The fourth-order valence-corrected chi connectivity index (χ4v) is 6.12. The predicted molar refractivity (Wildman–Crippen MR) is 150 cm³/mol. The maximum Gasteiger partial charge on any atom is 0.261 e. The second-order valence-electron chi connectivity index (χ2n) is 8.32. The van der Waals surface area contributed by atoms with Gasteiger partial charge in [0, 0.05) is 23.6 Å². The van der Waals surface area contributed by atoms with Gasteiger partial charge in [0.1, 0.15) is 17.1 Å². The maximum absolute atomic E-state index is 13.9. The topological polar surface area (TPSA) is 101 Å². The molecule has 1 N–H and O–H groups in total. The molecule has 0 saturated carbocycles. The molecule has 0 spiro atoms. The highest BCUT2D eigenvalue weighted by Gasteiger charge is 2.24. The number of halogens is 2. The molecule has 12 heteroatoms. The summed E-state index contributed by atoms with van der Waals surface area (Å²) in [6.45, 7) is 0.151. The van der Waals surface area contributed by atoms with Crippen molar-refractivity contribution in [2.75, 3.05) is 16.7 Å². The van der Waals surface area contributed by atoms with Crippen LogP contribution in [0.3, 0.4) is 0 Å². The first-order valence-corrected chi connectivity index (χ1v) is 14.1. The lowest BCUT2D eigenvalue weighted by atomic mass is 10.1. The standard InChI is InChI=1S/C27H20ClFN4O4S2/c1-37-23-12-11-22(28)25-24(23)31-27(38-25)33(16-17-4-3-13-30-15-17)26(34)18-5-2-6-20(14-18)32-39(35,36)21-9-7-19(29)8-10-21/h2-15,32H,16H2,1H3. The van der Waals surface area contributed by atoms with E-state index < -0.39 is 21.7 Å². The number of anilines is 2. The molecule has 0 bridgehead atoms. The number of pyridine rings is 1. The Kier molecular flexibility index (Phi) is 7.47. The zero-order valence-corrected chi connectivity index (χ0v) is 22.7. The van der Waals surface area contributed by atoms with E-state index in [0.717, 1.165) is 29.8 Å². The molecule has 8 nitrogen and oxygen atoms in total. The van der Waals surface area contributed by atoms with Crippen LogP contribution in [-0.4, -0.2) is 31.4 Å². The van der Waals surface area contributed by atoms with Crippen LogP contribution in [-0.2, 0) is 16.6 Å². The van der Waals surface area contributed by atoms with Gasteiger partial charge in [-0.2, -0.15) is 0 Å². The van der Waals surface area contributed by atoms with Crippen molar-refractivity contribution in [3.05, 3.63) is 107 Å². The molecule has 3 aromatic carbocycles. The Morgan fingerprint density at radius 3 is 2.62 bits per heavy atom. The molecule has 39 heavy (non-hydrogen) atoms. The number of nitrogens with one attached hydrogen (secondary N) is 1. The molecule has 2 aromatic heterocycles. The third kappa shape index (κ3) is 5.70. The number of amides is 1. The van der Waals surface area contributed by atoms with Crippen LogP contribution in [0.1, 0.15) is 15.9 Å². The maximum atomic E-state index is 13.9. The normalized spacial score (nSPS) is 11.4. The van der Waals surface area contributed by atoms with Gasteiger partial charge >= 0.3 is 0 Å². The number of aromatic nitrogens is 2. The fraction of sp³-hybridized carbons (Fsp3) is 0.0741. The molecule has 0 saturated heterocycles. The predicted octanol–water partition coefficient (Wildman–Crippen LogP) is 6.14. The second-order valence-corrected chi connectivity index (χ2v) is 11.4. The Morgan fingerprint density at radius 1 is 1.10 bits per heavy atom. The molecular weight excluding hydrogens is 563 g/mol. The van der Waals surface area contributed by atoms with Crippen LogP contribution < -0.4 is 14.4 Å². The summed E-state index contributed by atoms with van der Waals surface area (Å²) in [5.74, 6) is -0.456. The van der Waals surface area contributed by atoms with E-state index >= 15 is 0 Å². The minimum absolute atomic E-state index is 0.112. The monoisotopic (exact) mass is 582 g/mol. The third-order valence-electron chi connectivity index (χ3n) is 5.69. The Bertz CT molecular complexity index is 1760. The summed E-state index contributed by atoms with van der Waals surface area (Å²) in [4.78, 5) is 24.1. The van der Waals surface area contributed by atoms with Crippen molar-refractivity contribution >= 4 is 59.9 Å². The van der Waals surface area contributed by atoms with Crippen LogP contribution in [0.5, 0.6) is 5.75 Å². The first kappa shape index (κ1) is 26.5. The number of carbonyl (C=O) groups excluding carboxylic acids is 1. The Hall–Kier alpha value is -4.06. The first-order valence-electron chi connectivity index (χ1n) is 11.5. The minimum atomic E-state index is -4.01. The van der Waals surface area contributed by atoms with E-state index in [-0.39, 0.29) is 22.7 Å². The number of hydrogen-bond donors (Lipinski definition) is 1. The average molecular weight is 583 g/mol. The number of carbonyl (C=O) groups is 1. The molecule has 0 fully saturated rings. The molecule has 0 radical (unpaired) electrons. The SMILES string of the molecule is COc1ccc(Cl)c2sc(N(Cc3cccnc3)C(=O)c3cccc(NS(=O)(=O)c4ccc(F)cc4)c3)nc12. The van der Waals surface area contributed by atoms with E-state index in [2.05, 4.69) is 14.7 Å². The van der Waals surface area contributed by atoms with Crippen LogP contribution >= 0.6 is 22.9 Å². The van der Waals surface area contributed by atoms with Gasteiger partial charge in [0.05, 0.1) is 28.3 Å².